The Morgan fingerprint density at radius 2 is 1.04 bits per heavy atom. The fourth-order valence-corrected chi connectivity index (χ4v) is 9.74. The van der Waals surface area contributed by atoms with E-state index in [1.165, 1.54) is 55.0 Å². The van der Waals surface area contributed by atoms with E-state index in [4.69, 9.17) is 4.74 Å². The summed E-state index contributed by atoms with van der Waals surface area (Å²) >= 11 is 0. The molecule has 262 valence electrons. The van der Waals surface area contributed by atoms with Crippen LogP contribution in [0.2, 0.25) is 0 Å². The van der Waals surface area contributed by atoms with Crippen LogP contribution in [-0.4, -0.2) is 4.57 Å². The Labute approximate surface area is 324 Å². The second-order valence-corrected chi connectivity index (χ2v) is 14.8. The first-order valence-corrected chi connectivity index (χ1v) is 19.3. The molecule has 12 rings (SSSR count). The van der Waals surface area contributed by atoms with Crippen LogP contribution < -0.4 is 9.64 Å². The third-order valence-electron chi connectivity index (χ3n) is 12.0. The highest BCUT2D eigenvalue weighted by Gasteiger charge is 2.51. The first-order valence-electron chi connectivity index (χ1n) is 19.3. The van der Waals surface area contributed by atoms with E-state index >= 15 is 0 Å². The largest absolute Gasteiger partial charge is 0.456 e. The van der Waals surface area contributed by atoms with Gasteiger partial charge in [-0.25, -0.2) is 0 Å². The standard InChI is InChI=1S/C53H34N2O/c1-3-16-36(17-4-1)54(38-29-32-50-44(33-38)43-22-10-13-25-49(43)55(50)37-18-5-2-6-19-37)39-28-30-42-41-21-9-11-23-45(41)53(48(42)34-39)46-24-12-14-26-51(46)56-52-40-20-8-7-15-35(40)27-31-47(52)53/h1-34H. The molecule has 3 heteroatoms. The number of hydrogen-bond acceptors (Lipinski definition) is 2. The average molecular weight is 715 g/mol. The van der Waals surface area contributed by atoms with Gasteiger partial charge in [-0.3, -0.25) is 0 Å². The highest BCUT2D eigenvalue weighted by molar-refractivity contribution is 6.11. The maximum absolute atomic E-state index is 6.92. The Hall–Kier alpha value is -7.36. The molecular weight excluding hydrogens is 681 g/mol. The summed E-state index contributed by atoms with van der Waals surface area (Å²) in [6.45, 7) is 0. The van der Waals surface area contributed by atoms with Crippen molar-refractivity contribution in [1.29, 1.82) is 0 Å². The van der Waals surface area contributed by atoms with E-state index in [9.17, 15) is 0 Å². The molecule has 1 atom stereocenters. The number of ether oxygens (including phenoxy) is 1. The maximum atomic E-state index is 6.92. The molecule has 56 heavy (non-hydrogen) atoms. The highest BCUT2D eigenvalue weighted by atomic mass is 16.5. The Morgan fingerprint density at radius 3 is 1.91 bits per heavy atom. The van der Waals surface area contributed by atoms with Crippen LogP contribution in [0, 0.1) is 0 Å². The van der Waals surface area contributed by atoms with Gasteiger partial charge >= 0.3 is 0 Å². The van der Waals surface area contributed by atoms with Crippen LogP contribution in [0.5, 0.6) is 11.5 Å². The predicted molar refractivity (Wildman–Crippen MR) is 230 cm³/mol. The number of rotatable bonds is 4. The molecule has 3 nitrogen and oxygen atoms in total. The van der Waals surface area contributed by atoms with Crippen molar-refractivity contribution in [1.82, 2.24) is 4.57 Å². The summed E-state index contributed by atoms with van der Waals surface area (Å²) in [5.74, 6) is 1.82. The number of nitrogens with zero attached hydrogens (tertiary/aromatic N) is 2. The minimum atomic E-state index is -0.592. The minimum Gasteiger partial charge on any atom is -0.456 e. The van der Waals surface area contributed by atoms with E-state index in [1.54, 1.807) is 0 Å². The lowest BCUT2D eigenvalue weighted by Crippen LogP contribution is -2.32. The molecule has 10 aromatic rings. The van der Waals surface area contributed by atoms with E-state index < -0.39 is 5.41 Å². The monoisotopic (exact) mass is 714 g/mol. The first-order chi connectivity index (χ1) is 27.8. The number of benzene rings is 9. The minimum absolute atomic E-state index is 0.592. The van der Waals surface area contributed by atoms with Gasteiger partial charge in [0.05, 0.1) is 16.4 Å². The van der Waals surface area contributed by atoms with Crippen molar-refractivity contribution in [3.05, 3.63) is 229 Å². The fourth-order valence-electron chi connectivity index (χ4n) is 9.74. The topological polar surface area (TPSA) is 17.4 Å². The summed E-state index contributed by atoms with van der Waals surface area (Å²) in [5, 5.41) is 4.73. The van der Waals surface area contributed by atoms with Gasteiger partial charge in [0.1, 0.15) is 11.5 Å². The third kappa shape index (κ3) is 4.22. The Bertz CT molecular complexity index is 3180. The Balaban J connectivity index is 1.13. The second-order valence-electron chi connectivity index (χ2n) is 14.8. The van der Waals surface area contributed by atoms with Crippen LogP contribution in [0.25, 0.3) is 49.4 Å². The fraction of sp³-hybridized carbons (Fsp3) is 0.0189. The van der Waals surface area contributed by atoms with Gasteiger partial charge in [0.2, 0.25) is 0 Å². The van der Waals surface area contributed by atoms with Gasteiger partial charge in [0.25, 0.3) is 0 Å². The van der Waals surface area contributed by atoms with E-state index in [-0.39, 0.29) is 0 Å². The molecule has 2 heterocycles. The molecular formula is C53H34N2O. The zero-order valence-electron chi connectivity index (χ0n) is 30.4. The van der Waals surface area contributed by atoms with E-state index in [0.717, 1.165) is 45.2 Å². The van der Waals surface area contributed by atoms with E-state index in [1.807, 2.05) is 0 Å². The van der Waals surface area contributed by atoms with Crippen molar-refractivity contribution >= 4 is 49.6 Å². The van der Waals surface area contributed by atoms with Crippen molar-refractivity contribution in [3.8, 4) is 28.3 Å². The van der Waals surface area contributed by atoms with Crippen LogP contribution in [0.15, 0.2) is 206 Å². The molecule has 9 aromatic carbocycles. The van der Waals surface area contributed by atoms with Crippen molar-refractivity contribution in [3.63, 3.8) is 0 Å². The summed E-state index contributed by atoms with van der Waals surface area (Å²) in [7, 11) is 0. The first kappa shape index (κ1) is 31.0. The summed E-state index contributed by atoms with van der Waals surface area (Å²) < 4.78 is 9.30. The lowest BCUT2D eigenvalue weighted by atomic mass is 9.65. The van der Waals surface area contributed by atoms with E-state index in [0.29, 0.717) is 0 Å². The maximum Gasteiger partial charge on any atom is 0.140 e. The predicted octanol–water partition coefficient (Wildman–Crippen LogP) is 13.9. The summed E-state index contributed by atoms with van der Waals surface area (Å²) in [6.07, 6.45) is 0. The van der Waals surface area contributed by atoms with Crippen LogP contribution >= 0.6 is 0 Å². The Morgan fingerprint density at radius 1 is 0.393 bits per heavy atom. The lowest BCUT2D eigenvalue weighted by molar-refractivity contribution is 0.441. The van der Waals surface area contributed by atoms with Crippen molar-refractivity contribution in [2.75, 3.05) is 4.90 Å². The van der Waals surface area contributed by atoms with Gasteiger partial charge in [-0.1, -0.05) is 140 Å². The quantitative estimate of drug-likeness (QED) is 0.181. The molecule has 0 bridgehead atoms. The summed E-state index contributed by atoms with van der Waals surface area (Å²) in [5.41, 5.74) is 13.6. The van der Waals surface area contributed by atoms with E-state index in [2.05, 4.69) is 216 Å². The van der Waals surface area contributed by atoms with Gasteiger partial charge in [0.15, 0.2) is 0 Å². The van der Waals surface area contributed by atoms with Gasteiger partial charge in [-0.05, 0) is 94.4 Å². The molecule has 1 aliphatic heterocycles. The molecule has 0 saturated carbocycles. The van der Waals surface area contributed by atoms with Crippen molar-refractivity contribution < 1.29 is 4.74 Å². The Kier molecular flexibility index (Phi) is 6.55. The zero-order valence-corrected chi connectivity index (χ0v) is 30.4. The number of anilines is 3. The average Bonchev–Trinajstić information content (AvgIpc) is 3.75. The van der Waals surface area contributed by atoms with Gasteiger partial charge in [-0.15, -0.1) is 0 Å². The summed E-state index contributed by atoms with van der Waals surface area (Å²) in [6, 6.07) is 74.9. The number of para-hydroxylation sites is 4. The molecule has 1 aliphatic carbocycles. The van der Waals surface area contributed by atoms with Gasteiger partial charge in [0, 0.05) is 50.0 Å². The number of fused-ring (bicyclic) bond motifs is 14. The molecule has 1 unspecified atom stereocenters. The van der Waals surface area contributed by atoms with Crippen LogP contribution in [-0.2, 0) is 5.41 Å². The summed E-state index contributed by atoms with van der Waals surface area (Å²) in [4.78, 5) is 2.41. The van der Waals surface area contributed by atoms with Crippen LogP contribution in [0.4, 0.5) is 17.1 Å². The lowest BCUT2D eigenvalue weighted by Gasteiger charge is -2.40. The van der Waals surface area contributed by atoms with Gasteiger partial charge in [-0.2, -0.15) is 0 Å². The zero-order chi connectivity index (χ0) is 36.8. The molecule has 0 saturated heterocycles. The molecule has 1 aromatic heterocycles. The van der Waals surface area contributed by atoms with Gasteiger partial charge < -0.3 is 14.2 Å². The third-order valence-corrected chi connectivity index (χ3v) is 12.0. The molecule has 0 radical (unpaired) electrons. The number of aromatic nitrogens is 1. The smallest absolute Gasteiger partial charge is 0.140 e. The molecule has 0 N–H and O–H groups in total. The second kappa shape index (κ2) is 11.8. The molecule has 2 aliphatic rings. The number of hydrogen-bond donors (Lipinski definition) is 0. The van der Waals surface area contributed by atoms with Crippen LogP contribution in [0.1, 0.15) is 22.3 Å². The highest BCUT2D eigenvalue weighted by Crippen LogP contribution is 2.63. The molecule has 0 amide bonds. The molecule has 1 spiro atoms. The normalized spacial score (nSPS) is 15.0. The molecule has 0 fully saturated rings. The van der Waals surface area contributed by atoms with Crippen molar-refractivity contribution in [2.24, 2.45) is 0 Å². The van der Waals surface area contributed by atoms with Crippen LogP contribution in [0.3, 0.4) is 0 Å². The SMILES string of the molecule is c1ccc(N(c2ccc3c(c2)C2(c4ccccc4Oc4c2ccc2ccccc42)c2ccccc2-3)c2ccc3c(c2)c2ccccc2n3-c2ccccc2)cc1. The van der Waals surface area contributed by atoms with Crippen molar-refractivity contribution in [2.45, 2.75) is 5.41 Å².